The van der Waals surface area contributed by atoms with Crippen molar-refractivity contribution < 1.29 is 18.7 Å². The van der Waals surface area contributed by atoms with Gasteiger partial charge in [0.1, 0.15) is 17.5 Å². The molecule has 0 amide bonds. The molecule has 8 heteroatoms. The summed E-state index contributed by atoms with van der Waals surface area (Å²) in [5, 5.41) is 9.76. The van der Waals surface area contributed by atoms with Crippen molar-refractivity contribution in [2.24, 2.45) is 5.41 Å². The molecule has 0 saturated carbocycles. The summed E-state index contributed by atoms with van der Waals surface area (Å²) in [5.41, 5.74) is -1.01. The summed E-state index contributed by atoms with van der Waals surface area (Å²) in [6.45, 7) is 3.47. The minimum Gasteiger partial charge on any atom is -0.481 e. The van der Waals surface area contributed by atoms with Crippen molar-refractivity contribution in [2.45, 2.75) is 25.9 Å². The Hall–Kier alpha value is -2.82. The summed E-state index contributed by atoms with van der Waals surface area (Å²) in [6.07, 6.45) is 4.13. The number of carbonyl (C=O) groups is 1. The number of methoxy groups -OCH3 is 2. The van der Waals surface area contributed by atoms with Crippen molar-refractivity contribution in [1.82, 2.24) is 9.97 Å². The number of halogens is 2. The Morgan fingerprint density at radius 3 is 2.55 bits per heavy atom. The van der Waals surface area contributed by atoms with E-state index in [-0.39, 0.29) is 22.8 Å². The number of nitrogens with zero attached hydrogens (tertiary/aromatic N) is 3. The zero-order valence-electron chi connectivity index (χ0n) is 16.4. The van der Waals surface area contributed by atoms with Gasteiger partial charge in [0.15, 0.2) is 5.78 Å². The van der Waals surface area contributed by atoms with Crippen LogP contribution in [0.4, 0.5) is 4.39 Å². The molecule has 6 nitrogen and oxygen atoms in total. The Kier molecular flexibility index (Phi) is 5.44. The molecule has 3 rings (SSSR count). The number of pyridine rings is 2. The van der Waals surface area contributed by atoms with E-state index >= 15 is 0 Å². The van der Waals surface area contributed by atoms with E-state index < -0.39 is 16.8 Å². The van der Waals surface area contributed by atoms with Crippen LogP contribution in [0.3, 0.4) is 0 Å². The van der Waals surface area contributed by atoms with Gasteiger partial charge in [-0.3, -0.25) is 9.78 Å². The van der Waals surface area contributed by atoms with Crippen LogP contribution < -0.4 is 4.74 Å². The molecule has 1 atom stereocenters. The number of carbonyl (C=O) groups excluding carboxylic acids is 1. The lowest BCUT2D eigenvalue weighted by molar-refractivity contribution is -0.128. The van der Waals surface area contributed by atoms with Crippen LogP contribution in [0.15, 0.2) is 36.2 Å². The first-order valence-electron chi connectivity index (χ1n) is 8.76. The van der Waals surface area contributed by atoms with Crippen LogP contribution in [0.5, 0.6) is 5.88 Å². The lowest BCUT2D eigenvalue weighted by Gasteiger charge is -2.40. The van der Waals surface area contributed by atoms with Crippen LogP contribution in [0.2, 0.25) is 5.02 Å². The molecule has 0 N–H and O–H groups in total. The fourth-order valence-corrected chi connectivity index (χ4v) is 3.84. The van der Waals surface area contributed by atoms with Crippen molar-refractivity contribution in [3.05, 3.63) is 52.7 Å². The average molecular weight is 416 g/mol. The minimum absolute atomic E-state index is 0.0291. The molecule has 0 aromatic carbocycles. The third-order valence-corrected chi connectivity index (χ3v) is 5.31. The van der Waals surface area contributed by atoms with E-state index in [2.05, 4.69) is 9.97 Å². The largest absolute Gasteiger partial charge is 0.481 e. The fourth-order valence-electron chi connectivity index (χ4n) is 3.63. The molecule has 2 heterocycles. The molecule has 1 aliphatic rings. The van der Waals surface area contributed by atoms with Crippen LogP contribution in [0.25, 0.3) is 11.1 Å². The Morgan fingerprint density at radius 1 is 1.21 bits per heavy atom. The molecule has 150 valence electrons. The molecule has 1 aliphatic carbocycles. The van der Waals surface area contributed by atoms with E-state index in [1.165, 1.54) is 32.6 Å². The number of nitriles is 1. The van der Waals surface area contributed by atoms with Gasteiger partial charge in [-0.25, -0.2) is 9.37 Å². The monoisotopic (exact) mass is 415 g/mol. The van der Waals surface area contributed by atoms with Gasteiger partial charge in [0.2, 0.25) is 5.88 Å². The lowest BCUT2D eigenvalue weighted by Crippen LogP contribution is -2.43. The number of allylic oxidation sites excluding steroid dienone is 1. The van der Waals surface area contributed by atoms with E-state index in [4.69, 9.17) is 21.1 Å². The predicted octanol–water partition coefficient (Wildman–Crippen LogP) is 4.24. The lowest BCUT2D eigenvalue weighted by atomic mass is 9.68. The zero-order chi connectivity index (χ0) is 21.4. The molecular weight excluding hydrogens is 397 g/mol. The maximum Gasteiger partial charge on any atom is 0.213 e. The average Bonchev–Trinajstić information content (AvgIpc) is 2.70. The SMILES string of the molecule is COc1cc(-c2cc(F)cnc2C2(OC)C=C(C#N)C(=O)C(C)(C)C2)c(Cl)cn1. The Bertz CT molecular complexity index is 1060. The quantitative estimate of drug-likeness (QED) is 0.742. The summed E-state index contributed by atoms with van der Waals surface area (Å²) < 4.78 is 25.2. The highest BCUT2D eigenvalue weighted by atomic mass is 35.5. The fraction of sp³-hybridized carbons (Fsp3) is 0.333. The molecular formula is C21H19ClFN3O3. The van der Waals surface area contributed by atoms with Crippen molar-refractivity contribution in [1.29, 1.82) is 5.26 Å². The molecule has 0 fully saturated rings. The first kappa shape index (κ1) is 20.9. The second-order valence-electron chi connectivity index (χ2n) is 7.41. The van der Waals surface area contributed by atoms with E-state index in [9.17, 15) is 14.4 Å². The van der Waals surface area contributed by atoms with Gasteiger partial charge in [0.25, 0.3) is 0 Å². The Morgan fingerprint density at radius 2 is 1.93 bits per heavy atom. The van der Waals surface area contributed by atoms with E-state index in [1.807, 2.05) is 6.07 Å². The van der Waals surface area contributed by atoms with Crippen molar-refractivity contribution in [2.75, 3.05) is 14.2 Å². The molecule has 2 aromatic rings. The van der Waals surface area contributed by atoms with Gasteiger partial charge in [0, 0.05) is 29.7 Å². The first-order valence-corrected chi connectivity index (χ1v) is 9.14. The molecule has 0 aliphatic heterocycles. The van der Waals surface area contributed by atoms with Gasteiger partial charge < -0.3 is 9.47 Å². The number of aromatic nitrogens is 2. The molecule has 0 bridgehead atoms. The zero-order valence-corrected chi connectivity index (χ0v) is 17.2. The summed E-state index contributed by atoms with van der Waals surface area (Å²) in [5.74, 6) is -0.559. The van der Waals surface area contributed by atoms with Crippen molar-refractivity contribution in [3.8, 4) is 23.1 Å². The standard InChI is InChI=1S/C21H19ClFN3O3/c1-20(2)11-21(29-4,7-12(8-24)19(20)27)18-15(5-13(23)9-26-18)14-6-17(28-3)25-10-16(14)22/h5-7,9-10H,11H2,1-4H3. The van der Waals surface area contributed by atoms with E-state index in [0.29, 0.717) is 22.7 Å². The van der Waals surface area contributed by atoms with Gasteiger partial charge in [-0.2, -0.15) is 5.26 Å². The van der Waals surface area contributed by atoms with Gasteiger partial charge in [0.05, 0.1) is 35.8 Å². The third kappa shape index (κ3) is 3.61. The first-order chi connectivity index (χ1) is 13.7. The molecule has 0 saturated heterocycles. The van der Waals surface area contributed by atoms with Crippen LogP contribution in [-0.2, 0) is 15.1 Å². The maximum atomic E-state index is 14.2. The highest BCUT2D eigenvalue weighted by molar-refractivity contribution is 6.33. The number of ether oxygens (including phenoxy) is 2. The van der Waals surface area contributed by atoms with Crippen LogP contribution in [0, 0.1) is 22.6 Å². The second kappa shape index (κ2) is 7.54. The van der Waals surface area contributed by atoms with Gasteiger partial charge in [-0.05, 0) is 18.6 Å². The summed E-state index contributed by atoms with van der Waals surface area (Å²) in [6, 6.07) is 4.80. The number of ketones is 1. The topological polar surface area (TPSA) is 85.1 Å². The molecule has 1 unspecified atom stereocenters. The molecule has 2 aromatic heterocycles. The van der Waals surface area contributed by atoms with Gasteiger partial charge >= 0.3 is 0 Å². The number of hydrogen-bond acceptors (Lipinski definition) is 6. The summed E-state index contributed by atoms with van der Waals surface area (Å²) >= 11 is 6.34. The Balaban J connectivity index is 2.33. The van der Waals surface area contributed by atoms with E-state index in [1.54, 1.807) is 19.9 Å². The van der Waals surface area contributed by atoms with E-state index in [0.717, 1.165) is 6.20 Å². The number of Topliss-reactive ketones (excluding diaryl/α,β-unsaturated/α-hetero) is 1. The normalized spacial score (nSPS) is 20.7. The van der Waals surface area contributed by atoms with Crippen molar-refractivity contribution >= 4 is 17.4 Å². The maximum absolute atomic E-state index is 14.2. The van der Waals surface area contributed by atoms with Crippen LogP contribution in [-0.4, -0.2) is 30.0 Å². The summed E-state index contributed by atoms with van der Waals surface area (Å²) in [4.78, 5) is 20.9. The highest BCUT2D eigenvalue weighted by Gasteiger charge is 2.48. The van der Waals surface area contributed by atoms with Crippen LogP contribution >= 0.6 is 11.6 Å². The number of hydrogen-bond donors (Lipinski definition) is 0. The molecule has 0 spiro atoms. The smallest absolute Gasteiger partial charge is 0.213 e. The molecule has 29 heavy (non-hydrogen) atoms. The second-order valence-corrected chi connectivity index (χ2v) is 7.82. The third-order valence-electron chi connectivity index (χ3n) is 5.01. The van der Waals surface area contributed by atoms with Gasteiger partial charge in [-0.15, -0.1) is 0 Å². The molecule has 0 radical (unpaired) electrons. The highest BCUT2D eigenvalue weighted by Crippen LogP contribution is 2.47. The van der Waals surface area contributed by atoms with Gasteiger partial charge in [-0.1, -0.05) is 25.4 Å². The Labute approximate surface area is 172 Å². The predicted molar refractivity (Wildman–Crippen MR) is 105 cm³/mol. The van der Waals surface area contributed by atoms with Crippen LogP contribution in [0.1, 0.15) is 26.0 Å². The van der Waals surface area contributed by atoms with Crippen molar-refractivity contribution in [3.63, 3.8) is 0 Å². The summed E-state index contributed by atoms with van der Waals surface area (Å²) in [7, 11) is 2.92. The minimum atomic E-state index is -1.23. The number of rotatable bonds is 4.